The molecule has 3 nitrogen and oxygen atoms in total. The highest BCUT2D eigenvalue weighted by Crippen LogP contribution is 2.27. The first-order valence-corrected chi connectivity index (χ1v) is 7.40. The second-order valence-electron chi connectivity index (χ2n) is 4.77. The average Bonchev–Trinajstić information content (AvgIpc) is 2.78. The van der Waals surface area contributed by atoms with Crippen LogP contribution in [0.15, 0.2) is 29.6 Å². The van der Waals surface area contributed by atoms with E-state index < -0.39 is 5.97 Å². The van der Waals surface area contributed by atoms with Gasteiger partial charge in [0.25, 0.3) is 0 Å². The summed E-state index contributed by atoms with van der Waals surface area (Å²) in [6, 6.07) is 8.42. The maximum absolute atomic E-state index is 10.8. The van der Waals surface area contributed by atoms with Crippen molar-refractivity contribution in [2.75, 3.05) is 6.54 Å². The zero-order chi connectivity index (χ0) is 13.8. The number of hydrogen-bond acceptors (Lipinski definition) is 3. The molecule has 0 saturated carbocycles. The Hall–Kier alpha value is -1.39. The molecule has 0 fully saturated rings. The molecule has 1 N–H and O–H groups in total. The highest BCUT2D eigenvalue weighted by atomic mass is 32.1. The zero-order valence-corrected chi connectivity index (χ0v) is 12.1. The lowest BCUT2D eigenvalue weighted by atomic mass is 10.1. The van der Waals surface area contributed by atoms with Crippen LogP contribution in [0.5, 0.6) is 0 Å². The van der Waals surface area contributed by atoms with E-state index in [1.54, 1.807) is 11.3 Å². The lowest BCUT2D eigenvalue weighted by Gasteiger charge is -2.26. The Balaban J connectivity index is 2.16. The predicted molar refractivity (Wildman–Crippen MR) is 79.6 cm³/mol. The number of fused-ring (bicyclic) bond motifs is 1. The van der Waals surface area contributed by atoms with Gasteiger partial charge in [0.1, 0.15) is 0 Å². The van der Waals surface area contributed by atoms with Crippen LogP contribution in [0.2, 0.25) is 0 Å². The summed E-state index contributed by atoms with van der Waals surface area (Å²) in [6.45, 7) is 5.73. The van der Waals surface area contributed by atoms with E-state index in [4.69, 9.17) is 5.11 Å². The van der Waals surface area contributed by atoms with Gasteiger partial charge in [0.05, 0.1) is 6.42 Å². The number of carbonyl (C=O) groups is 1. The van der Waals surface area contributed by atoms with E-state index >= 15 is 0 Å². The Bertz CT molecular complexity index is 564. The lowest BCUT2D eigenvalue weighted by molar-refractivity contribution is -0.138. The standard InChI is InChI=1S/C15H19NO2S/c1-3-16(11(2)8-15(17)18)9-12-10-19-14-7-5-4-6-13(12)14/h4-7,10-11H,3,8-9H2,1-2H3,(H,17,18). The first-order chi connectivity index (χ1) is 9.11. The van der Waals surface area contributed by atoms with Gasteiger partial charge < -0.3 is 5.11 Å². The molecule has 1 heterocycles. The molecule has 0 aliphatic carbocycles. The number of carboxylic acids is 1. The summed E-state index contributed by atoms with van der Waals surface area (Å²) in [5, 5.41) is 12.4. The van der Waals surface area contributed by atoms with Gasteiger partial charge in [-0.15, -0.1) is 11.3 Å². The van der Waals surface area contributed by atoms with Crippen LogP contribution in [0.4, 0.5) is 0 Å². The summed E-state index contributed by atoms with van der Waals surface area (Å²) in [5.41, 5.74) is 1.29. The Labute approximate surface area is 117 Å². The third kappa shape index (κ3) is 3.33. The summed E-state index contributed by atoms with van der Waals surface area (Å²) < 4.78 is 1.29. The minimum Gasteiger partial charge on any atom is -0.481 e. The van der Waals surface area contributed by atoms with Gasteiger partial charge >= 0.3 is 5.97 Å². The van der Waals surface area contributed by atoms with E-state index in [1.807, 2.05) is 13.0 Å². The summed E-state index contributed by atoms with van der Waals surface area (Å²) in [6.07, 6.45) is 0.190. The van der Waals surface area contributed by atoms with E-state index in [9.17, 15) is 4.79 Å². The summed E-state index contributed by atoms with van der Waals surface area (Å²) in [5.74, 6) is -0.735. The molecule has 0 saturated heterocycles. The van der Waals surface area contributed by atoms with Crippen LogP contribution in [0.1, 0.15) is 25.8 Å². The molecule has 0 bridgehead atoms. The summed E-state index contributed by atoms with van der Waals surface area (Å²) >= 11 is 1.75. The number of thiophene rings is 1. The maximum atomic E-state index is 10.8. The number of nitrogens with zero attached hydrogens (tertiary/aromatic N) is 1. The molecule has 0 amide bonds. The molecular formula is C15H19NO2S. The van der Waals surface area contributed by atoms with Crippen LogP contribution in [0.3, 0.4) is 0 Å². The van der Waals surface area contributed by atoms with Crippen molar-refractivity contribution in [2.24, 2.45) is 0 Å². The van der Waals surface area contributed by atoms with Crippen molar-refractivity contribution in [1.29, 1.82) is 0 Å². The quantitative estimate of drug-likeness (QED) is 0.877. The minimum absolute atomic E-state index is 0.0566. The van der Waals surface area contributed by atoms with Crippen LogP contribution in [0, 0.1) is 0 Å². The molecule has 2 rings (SSSR count). The second-order valence-corrected chi connectivity index (χ2v) is 5.68. The molecule has 1 aromatic carbocycles. The molecule has 0 aliphatic rings. The fourth-order valence-electron chi connectivity index (χ4n) is 2.34. The number of carboxylic acid groups (broad SMARTS) is 1. The number of benzene rings is 1. The lowest BCUT2D eigenvalue weighted by Crippen LogP contribution is -2.34. The van der Waals surface area contributed by atoms with E-state index in [1.165, 1.54) is 15.6 Å². The Morgan fingerprint density at radius 2 is 2.16 bits per heavy atom. The number of aliphatic carboxylic acids is 1. The van der Waals surface area contributed by atoms with Gasteiger partial charge in [-0.1, -0.05) is 25.1 Å². The van der Waals surface area contributed by atoms with E-state index in [2.05, 4.69) is 35.4 Å². The van der Waals surface area contributed by atoms with Crippen molar-refractivity contribution in [3.8, 4) is 0 Å². The minimum atomic E-state index is -0.735. The van der Waals surface area contributed by atoms with Crippen LogP contribution in [0.25, 0.3) is 10.1 Å². The highest BCUT2D eigenvalue weighted by molar-refractivity contribution is 7.17. The molecule has 2 aromatic rings. The smallest absolute Gasteiger partial charge is 0.304 e. The molecule has 0 aliphatic heterocycles. The van der Waals surface area contributed by atoms with Gasteiger partial charge in [-0.05, 0) is 35.9 Å². The van der Waals surface area contributed by atoms with Crippen molar-refractivity contribution >= 4 is 27.4 Å². The molecule has 19 heavy (non-hydrogen) atoms. The number of hydrogen-bond donors (Lipinski definition) is 1. The van der Waals surface area contributed by atoms with Crippen molar-refractivity contribution in [3.63, 3.8) is 0 Å². The van der Waals surface area contributed by atoms with Gasteiger partial charge in [-0.2, -0.15) is 0 Å². The molecule has 1 atom stereocenters. The van der Waals surface area contributed by atoms with Gasteiger partial charge in [-0.25, -0.2) is 0 Å². The monoisotopic (exact) mass is 277 g/mol. The third-order valence-electron chi connectivity index (χ3n) is 3.43. The maximum Gasteiger partial charge on any atom is 0.304 e. The molecule has 0 radical (unpaired) electrons. The normalized spacial score (nSPS) is 13.0. The third-order valence-corrected chi connectivity index (χ3v) is 4.45. The largest absolute Gasteiger partial charge is 0.481 e. The Kier molecular flexibility index (Phi) is 4.56. The SMILES string of the molecule is CCN(Cc1csc2ccccc12)C(C)CC(=O)O. The highest BCUT2D eigenvalue weighted by Gasteiger charge is 2.17. The van der Waals surface area contributed by atoms with Gasteiger partial charge in [0.15, 0.2) is 0 Å². The zero-order valence-electron chi connectivity index (χ0n) is 11.3. The second kappa shape index (κ2) is 6.17. The van der Waals surface area contributed by atoms with Gasteiger partial charge in [0.2, 0.25) is 0 Å². The van der Waals surface area contributed by atoms with Crippen LogP contribution in [-0.4, -0.2) is 28.6 Å². The number of rotatable bonds is 6. The van der Waals surface area contributed by atoms with Gasteiger partial charge in [-0.3, -0.25) is 9.69 Å². The van der Waals surface area contributed by atoms with Crippen molar-refractivity contribution in [1.82, 2.24) is 4.90 Å². The summed E-state index contributed by atoms with van der Waals surface area (Å²) in [7, 11) is 0. The fraction of sp³-hybridized carbons (Fsp3) is 0.400. The first-order valence-electron chi connectivity index (χ1n) is 6.52. The average molecular weight is 277 g/mol. The van der Waals surface area contributed by atoms with E-state index in [0.717, 1.165) is 13.1 Å². The Morgan fingerprint density at radius 3 is 2.84 bits per heavy atom. The van der Waals surface area contributed by atoms with Crippen LogP contribution >= 0.6 is 11.3 Å². The van der Waals surface area contributed by atoms with Crippen molar-refractivity contribution in [2.45, 2.75) is 32.9 Å². The van der Waals surface area contributed by atoms with E-state index in [0.29, 0.717) is 0 Å². The fourth-order valence-corrected chi connectivity index (χ4v) is 3.29. The predicted octanol–water partition coefficient (Wildman–Crippen LogP) is 3.59. The van der Waals surface area contributed by atoms with Crippen molar-refractivity contribution in [3.05, 3.63) is 35.2 Å². The molecule has 0 spiro atoms. The molecule has 102 valence electrons. The molecule has 1 aromatic heterocycles. The molecular weight excluding hydrogens is 258 g/mol. The Morgan fingerprint density at radius 1 is 1.42 bits per heavy atom. The van der Waals surface area contributed by atoms with Crippen LogP contribution < -0.4 is 0 Å². The molecule has 1 unspecified atom stereocenters. The topological polar surface area (TPSA) is 40.5 Å². The summed E-state index contributed by atoms with van der Waals surface area (Å²) in [4.78, 5) is 13.0. The van der Waals surface area contributed by atoms with E-state index in [-0.39, 0.29) is 12.5 Å². The first kappa shape index (κ1) is 14.0. The van der Waals surface area contributed by atoms with Crippen molar-refractivity contribution < 1.29 is 9.90 Å². The van der Waals surface area contributed by atoms with Crippen LogP contribution in [-0.2, 0) is 11.3 Å². The molecule has 4 heteroatoms. The van der Waals surface area contributed by atoms with Gasteiger partial charge in [0, 0.05) is 17.3 Å².